The Kier molecular flexibility index (Phi) is 4.75. The molecule has 16 heavy (non-hydrogen) atoms. The van der Waals surface area contributed by atoms with Gasteiger partial charge in [0.1, 0.15) is 5.82 Å². The minimum Gasteiger partial charge on any atom is -0.329 e. The number of terminal acetylenes is 1. The smallest absolute Gasteiger partial charge is 0.146 e. The molecule has 0 bridgehead atoms. The zero-order chi connectivity index (χ0) is 12.1. The molecule has 2 nitrogen and oxygen atoms in total. The number of nitrogens with one attached hydrogen (secondary N) is 1. The molecule has 0 amide bonds. The first-order chi connectivity index (χ1) is 7.60. The molecule has 0 aliphatic carbocycles. The third-order valence-corrected chi connectivity index (χ3v) is 2.59. The summed E-state index contributed by atoms with van der Waals surface area (Å²) >= 11 is 5.70. The standard InChI is InChI=1S/C12H14ClFN2/c1-3-8(2)16-11(7-15)9-5-4-6-10(13)12(9)14/h1,4-6,8,11,16H,7,15H2,2H3. The van der Waals surface area contributed by atoms with Gasteiger partial charge in [-0.3, -0.25) is 5.32 Å². The lowest BCUT2D eigenvalue weighted by molar-refractivity contribution is 0.490. The van der Waals surface area contributed by atoms with Crippen molar-refractivity contribution in [2.75, 3.05) is 6.54 Å². The van der Waals surface area contributed by atoms with Gasteiger partial charge in [-0.25, -0.2) is 4.39 Å². The van der Waals surface area contributed by atoms with E-state index in [1.807, 2.05) is 6.92 Å². The van der Waals surface area contributed by atoms with Crippen molar-refractivity contribution in [1.82, 2.24) is 5.32 Å². The molecule has 2 atom stereocenters. The normalized spacial score (nSPS) is 14.2. The van der Waals surface area contributed by atoms with Crippen LogP contribution in [0.3, 0.4) is 0 Å². The summed E-state index contributed by atoms with van der Waals surface area (Å²) in [7, 11) is 0. The van der Waals surface area contributed by atoms with Gasteiger partial charge in [0.25, 0.3) is 0 Å². The number of hydrogen-bond donors (Lipinski definition) is 2. The molecule has 0 fully saturated rings. The van der Waals surface area contributed by atoms with E-state index in [1.54, 1.807) is 12.1 Å². The highest BCUT2D eigenvalue weighted by atomic mass is 35.5. The van der Waals surface area contributed by atoms with Crippen LogP contribution in [0.15, 0.2) is 18.2 Å². The first kappa shape index (κ1) is 13.0. The van der Waals surface area contributed by atoms with Gasteiger partial charge in [0.2, 0.25) is 0 Å². The number of benzene rings is 1. The van der Waals surface area contributed by atoms with Gasteiger partial charge in [0.05, 0.1) is 11.1 Å². The van der Waals surface area contributed by atoms with Crippen molar-refractivity contribution in [3.63, 3.8) is 0 Å². The SMILES string of the molecule is C#CC(C)NC(CN)c1cccc(Cl)c1F. The van der Waals surface area contributed by atoms with E-state index in [4.69, 9.17) is 23.8 Å². The largest absolute Gasteiger partial charge is 0.329 e. The predicted molar refractivity (Wildman–Crippen MR) is 64.6 cm³/mol. The van der Waals surface area contributed by atoms with Crippen LogP contribution in [-0.2, 0) is 0 Å². The van der Waals surface area contributed by atoms with Crippen LogP contribution in [0.1, 0.15) is 18.5 Å². The van der Waals surface area contributed by atoms with Gasteiger partial charge >= 0.3 is 0 Å². The first-order valence-corrected chi connectivity index (χ1v) is 5.34. The summed E-state index contributed by atoms with van der Waals surface area (Å²) < 4.78 is 13.7. The van der Waals surface area contributed by atoms with Gasteiger partial charge in [-0.2, -0.15) is 0 Å². The summed E-state index contributed by atoms with van der Waals surface area (Å²) in [6.07, 6.45) is 5.25. The monoisotopic (exact) mass is 240 g/mol. The predicted octanol–water partition coefficient (Wildman–Crippen LogP) is 2.09. The average Bonchev–Trinajstić information content (AvgIpc) is 2.29. The molecule has 0 heterocycles. The third kappa shape index (κ3) is 2.96. The molecule has 3 N–H and O–H groups in total. The second kappa shape index (κ2) is 5.86. The van der Waals surface area contributed by atoms with E-state index in [1.165, 1.54) is 6.07 Å². The summed E-state index contributed by atoms with van der Waals surface area (Å²) in [5.41, 5.74) is 6.03. The van der Waals surface area contributed by atoms with E-state index in [9.17, 15) is 4.39 Å². The van der Waals surface area contributed by atoms with Crippen molar-refractivity contribution in [1.29, 1.82) is 0 Å². The van der Waals surface area contributed by atoms with Crippen LogP contribution in [0.25, 0.3) is 0 Å². The molecule has 1 rings (SSSR count). The fourth-order valence-electron chi connectivity index (χ4n) is 1.42. The van der Waals surface area contributed by atoms with Crippen LogP contribution in [0.5, 0.6) is 0 Å². The minimum absolute atomic E-state index is 0.0890. The summed E-state index contributed by atoms with van der Waals surface area (Å²) in [5.74, 6) is 2.06. The van der Waals surface area contributed by atoms with Crippen LogP contribution in [0.2, 0.25) is 5.02 Å². The van der Waals surface area contributed by atoms with Crippen molar-refractivity contribution < 1.29 is 4.39 Å². The Bertz CT molecular complexity index is 400. The summed E-state index contributed by atoms with van der Waals surface area (Å²) in [5, 5.41) is 3.13. The van der Waals surface area contributed by atoms with Crippen LogP contribution in [0, 0.1) is 18.2 Å². The lowest BCUT2D eigenvalue weighted by Gasteiger charge is -2.20. The Morgan fingerprint density at radius 1 is 1.62 bits per heavy atom. The topological polar surface area (TPSA) is 38.0 Å². The molecular formula is C12H14ClFN2. The van der Waals surface area contributed by atoms with E-state index in [0.29, 0.717) is 5.56 Å². The molecular weight excluding hydrogens is 227 g/mol. The molecule has 0 spiro atoms. The Morgan fingerprint density at radius 3 is 2.88 bits per heavy atom. The molecule has 0 aliphatic rings. The minimum atomic E-state index is -0.448. The summed E-state index contributed by atoms with van der Waals surface area (Å²) in [4.78, 5) is 0. The van der Waals surface area contributed by atoms with Crippen LogP contribution in [0.4, 0.5) is 4.39 Å². The highest BCUT2D eigenvalue weighted by Crippen LogP contribution is 2.23. The fourth-order valence-corrected chi connectivity index (χ4v) is 1.61. The number of halogens is 2. The number of hydrogen-bond acceptors (Lipinski definition) is 2. The van der Waals surface area contributed by atoms with Crippen LogP contribution >= 0.6 is 11.6 Å². The molecule has 1 aromatic carbocycles. The van der Waals surface area contributed by atoms with Gasteiger partial charge in [0.15, 0.2) is 0 Å². The van der Waals surface area contributed by atoms with E-state index >= 15 is 0 Å². The van der Waals surface area contributed by atoms with Crippen molar-refractivity contribution in [3.05, 3.63) is 34.6 Å². The highest BCUT2D eigenvalue weighted by Gasteiger charge is 2.17. The van der Waals surface area contributed by atoms with Crippen LogP contribution in [-0.4, -0.2) is 12.6 Å². The zero-order valence-corrected chi connectivity index (χ0v) is 9.76. The van der Waals surface area contributed by atoms with Gasteiger partial charge in [0, 0.05) is 18.2 Å². The van der Waals surface area contributed by atoms with Crippen molar-refractivity contribution >= 4 is 11.6 Å². The van der Waals surface area contributed by atoms with Gasteiger partial charge < -0.3 is 5.73 Å². The second-order valence-electron chi connectivity index (χ2n) is 3.49. The maximum Gasteiger partial charge on any atom is 0.146 e. The number of rotatable bonds is 4. The maximum atomic E-state index is 13.7. The van der Waals surface area contributed by atoms with E-state index in [2.05, 4.69) is 11.2 Å². The molecule has 0 saturated heterocycles. The Labute approximate surface area is 100.0 Å². The third-order valence-electron chi connectivity index (χ3n) is 2.29. The molecule has 0 aromatic heterocycles. The van der Waals surface area contributed by atoms with Crippen LogP contribution < -0.4 is 11.1 Å². The lowest BCUT2D eigenvalue weighted by Crippen LogP contribution is -2.34. The quantitative estimate of drug-likeness (QED) is 0.791. The molecule has 0 radical (unpaired) electrons. The van der Waals surface area contributed by atoms with E-state index in [-0.39, 0.29) is 23.7 Å². The van der Waals surface area contributed by atoms with E-state index in [0.717, 1.165) is 0 Å². The zero-order valence-electron chi connectivity index (χ0n) is 9.00. The molecule has 4 heteroatoms. The Balaban J connectivity index is 2.96. The van der Waals surface area contributed by atoms with Crippen molar-refractivity contribution in [2.45, 2.75) is 19.0 Å². The van der Waals surface area contributed by atoms with Gasteiger partial charge in [-0.05, 0) is 13.0 Å². The summed E-state index contributed by atoms with van der Waals surface area (Å²) in [6.45, 7) is 2.06. The first-order valence-electron chi connectivity index (χ1n) is 4.96. The Morgan fingerprint density at radius 2 is 2.31 bits per heavy atom. The van der Waals surface area contributed by atoms with Gasteiger partial charge in [-0.15, -0.1) is 6.42 Å². The molecule has 1 aromatic rings. The fraction of sp³-hybridized carbons (Fsp3) is 0.333. The highest BCUT2D eigenvalue weighted by molar-refractivity contribution is 6.30. The van der Waals surface area contributed by atoms with Crippen molar-refractivity contribution in [2.24, 2.45) is 5.73 Å². The lowest BCUT2D eigenvalue weighted by atomic mass is 10.1. The summed E-state index contributed by atoms with van der Waals surface area (Å²) in [6, 6.07) is 4.33. The maximum absolute atomic E-state index is 13.7. The van der Waals surface area contributed by atoms with Gasteiger partial charge in [-0.1, -0.05) is 29.7 Å². The average molecular weight is 241 g/mol. The van der Waals surface area contributed by atoms with Crippen molar-refractivity contribution in [3.8, 4) is 12.3 Å². The molecule has 0 saturated carbocycles. The number of nitrogens with two attached hydrogens (primary N) is 1. The second-order valence-corrected chi connectivity index (χ2v) is 3.89. The Hall–Kier alpha value is -1.08. The molecule has 86 valence electrons. The molecule has 2 unspecified atom stereocenters. The molecule has 0 aliphatic heterocycles. The van der Waals surface area contributed by atoms with E-state index < -0.39 is 5.82 Å².